The van der Waals surface area contributed by atoms with Gasteiger partial charge in [-0.25, -0.2) is 4.39 Å². The molecule has 0 aromatic heterocycles. The molecule has 0 radical (unpaired) electrons. The molecule has 0 saturated heterocycles. The molecule has 3 rings (SSSR count). The zero-order valence-corrected chi connectivity index (χ0v) is 13.7. The van der Waals surface area contributed by atoms with Gasteiger partial charge in [0, 0.05) is 19.2 Å². The number of amides is 2. The van der Waals surface area contributed by atoms with Gasteiger partial charge < -0.3 is 9.80 Å². The van der Waals surface area contributed by atoms with Crippen molar-refractivity contribution in [1.29, 1.82) is 0 Å². The van der Waals surface area contributed by atoms with Crippen molar-refractivity contribution in [2.75, 3.05) is 23.4 Å². The van der Waals surface area contributed by atoms with Gasteiger partial charge in [0.15, 0.2) is 0 Å². The van der Waals surface area contributed by atoms with Crippen LogP contribution in [0.2, 0.25) is 0 Å². The van der Waals surface area contributed by atoms with Crippen molar-refractivity contribution in [3.05, 3.63) is 59.9 Å². The number of fused-ring (bicyclic) bond motifs is 1. The fourth-order valence-electron chi connectivity index (χ4n) is 3.01. The van der Waals surface area contributed by atoms with Gasteiger partial charge >= 0.3 is 0 Å². The van der Waals surface area contributed by atoms with Gasteiger partial charge in [0.05, 0.1) is 17.3 Å². The molecule has 4 nitrogen and oxygen atoms in total. The first-order valence-corrected chi connectivity index (χ1v) is 7.97. The number of hydrogen-bond donors (Lipinski definition) is 0. The molecule has 5 heteroatoms. The molecule has 0 saturated carbocycles. The summed E-state index contributed by atoms with van der Waals surface area (Å²) in [6.07, 6.45) is 0.643. The normalized spacial score (nSPS) is 17.5. The van der Waals surface area contributed by atoms with Crippen LogP contribution in [0.25, 0.3) is 0 Å². The largest absolute Gasteiger partial charge is 0.313 e. The number of nitrogens with zero attached hydrogens (tertiary/aromatic N) is 2. The molecule has 1 aliphatic rings. The van der Waals surface area contributed by atoms with E-state index in [1.165, 1.54) is 24.3 Å². The number of carbonyl (C=O) groups is 2. The maximum absolute atomic E-state index is 13.1. The Morgan fingerprint density at radius 1 is 1.12 bits per heavy atom. The summed E-state index contributed by atoms with van der Waals surface area (Å²) in [4.78, 5) is 28.8. The van der Waals surface area contributed by atoms with Gasteiger partial charge in [-0.05, 0) is 42.8 Å². The van der Waals surface area contributed by atoms with E-state index >= 15 is 0 Å². The molecule has 1 aliphatic heterocycles. The van der Waals surface area contributed by atoms with Crippen LogP contribution in [0.15, 0.2) is 48.5 Å². The maximum Gasteiger partial charge on any atom is 0.258 e. The summed E-state index contributed by atoms with van der Waals surface area (Å²) in [6, 6.07) is 12.8. The SMILES string of the molecule is CC[C@H]1CN(C(=O)c2ccc(F)cc2)c2ccccc2N(C)C1=O. The lowest BCUT2D eigenvalue weighted by molar-refractivity contribution is -0.121. The van der Waals surface area contributed by atoms with Crippen LogP contribution in [-0.2, 0) is 4.79 Å². The summed E-state index contributed by atoms with van der Waals surface area (Å²) < 4.78 is 13.1. The summed E-state index contributed by atoms with van der Waals surface area (Å²) in [6.45, 7) is 2.25. The van der Waals surface area contributed by atoms with Crippen LogP contribution in [-0.4, -0.2) is 25.4 Å². The van der Waals surface area contributed by atoms with Crippen molar-refractivity contribution in [3.8, 4) is 0 Å². The quantitative estimate of drug-likeness (QED) is 0.848. The molecule has 2 aromatic rings. The Hall–Kier alpha value is -2.69. The summed E-state index contributed by atoms with van der Waals surface area (Å²) in [5.41, 5.74) is 1.80. The predicted molar refractivity (Wildman–Crippen MR) is 91.7 cm³/mol. The molecule has 0 bridgehead atoms. The van der Waals surface area contributed by atoms with Gasteiger partial charge in [-0.1, -0.05) is 19.1 Å². The average Bonchev–Trinajstić information content (AvgIpc) is 2.71. The van der Waals surface area contributed by atoms with E-state index < -0.39 is 0 Å². The smallest absolute Gasteiger partial charge is 0.258 e. The van der Waals surface area contributed by atoms with E-state index in [-0.39, 0.29) is 23.5 Å². The highest BCUT2D eigenvalue weighted by Gasteiger charge is 2.33. The molecule has 124 valence electrons. The van der Waals surface area contributed by atoms with Gasteiger partial charge in [-0.15, -0.1) is 0 Å². The number of rotatable bonds is 2. The molecule has 0 unspecified atom stereocenters. The molecule has 1 heterocycles. The minimum absolute atomic E-state index is 0.000596. The zero-order valence-electron chi connectivity index (χ0n) is 13.7. The highest BCUT2D eigenvalue weighted by atomic mass is 19.1. The third kappa shape index (κ3) is 2.77. The summed E-state index contributed by atoms with van der Waals surface area (Å²) >= 11 is 0. The van der Waals surface area contributed by atoms with Crippen molar-refractivity contribution in [1.82, 2.24) is 0 Å². The van der Waals surface area contributed by atoms with Crippen LogP contribution < -0.4 is 9.80 Å². The third-order valence-corrected chi connectivity index (χ3v) is 4.45. The van der Waals surface area contributed by atoms with Gasteiger partial charge in [0.1, 0.15) is 5.82 Å². The molecule has 0 fully saturated rings. The van der Waals surface area contributed by atoms with Crippen molar-refractivity contribution in [3.63, 3.8) is 0 Å². The molecule has 24 heavy (non-hydrogen) atoms. The van der Waals surface area contributed by atoms with Crippen LogP contribution in [0.3, 0.4) is 0 Å². The second-order valence-electron chi connectivity index (χ2n) is 5.91. The van der Waals surface area contributed by atoms with Crippen molar-refractivity contribution in [2.45, 2.75) is 13.3 Å². The second-order valence-corrected chi connectivity index (χ2v) is 5.91. The highest BCUT2D eigenvalue weighted by Crippen LogP contribution is 2.34. The number of benzene rings is 2. The topological polar surface area (TPSA) is 40.6 Å². The Morgan fingerprint density at radius 2 is 1.75 bits per heavy atom. The maximum atomic E-state index is 13.1. The number of para-hydroxylation sites is 2. The lowest BCUT2D eigenvalue weighted by Gasteiger charge is -2.24. The Labute approximate surface area is 140 Å². The Balaban J connectivity index is 2.07. The van der Waals surface area contributed by atoms with Crippen molar-refractivity contribution >= 4 is 23.2 Å². The van der Waals surface area contributed by atoms with Crippen LogP contribution in [0.1, 0.15) is 23.7 Å². The Morgan fingerprint density at radius 3 is 2.38 bits per heavy atom. The first-order chi connectivity index (χ1) is 11.5. The fourth-order valence-corrected chi connectivity index (χ4v) is 3.01. The van der Waals surface area contributed by atoms with E-state index in [1.807, 2.05) is 31.2 Å². The lowest BCUT2D eigenvalue weighted by atomic mass is 10.0. The van der Waals surface area contributed by atoms with E-state index in [4.69, 9.17) is 0 Å². The summed E-state index contributed by atoms with van der Waals surface area (Å²) in [7, 11) is 1.73. The first-order valence-electron chi connectivity index (χ1n) is 7.97. The number of anilines is 2. The standard InChI is InChI=1S/C19H19FN2O2/c1-3-13-12-22(19(24)14-8-10-15(20)11-9-14)17-7-5-4-6-16(17)21(2)18(13)23/h4-11,13H,3,12H2,1-2H3/t13-/m0/s1. The number of hydrogen-bond acceptors (Lipinski definition) is 2. The molecular formula is C19H19FN2O2. The van der Waals surface area contributed by atoms with Gasteiger partial charge in [0.25, 0.3) is 5.91 Å². The van der Waals surface area contributed by atoms with E-state index in [0.717, 1.165) is 0 Å². The highest BCUT2D eigenvalue weighted by molar-refractivity contribution is 6.11. The van der Waals surface area contributed by atoms with E-state index in [9.17, 15) is 14.0 Å². The minimum Gasteiger partial charge on any atom is -0.313 e. The molecule has 1 atom stereocenters. The average molecular weight is 326 g/mol. The first kappa shape index (κ1) is 16.2. The summed E-state index contributed by atoms with van der Waals surface area (Å²) in [5, 5.41) is 0. The van der Waals surface area contributed by atoms with E-state index in [2.05, 4.69) is 0 Å². The van der Waals surface area contributed by atoms with E-state index in [0.29, 0.717) is 29.9 Å². The van der Waals surface area contributed by atoms with Crippen LogP contribution in [0.5, 0.6) is 0 Å². The number of carbonyl (C=O) groups excluding carboxylic acids is 2. The molecule has 0 N–H and O–H groups in total. The molecule has 0 aliphatic carbocycles. The predicted octanol–water partition coefficient (Wildman–Crippen LogP) is 3.48. The van der Waals surface area contributed by atoms with Crippen molar-refractivity contribution < 1.29 is 14.0 Å². The second kappa shape index (κ2) is 6.43. The molecule has 2 amide bonds. The van der Waals surface area contributed by atoms with Gasteiger partial charge in [-0.3, -0.25) is 9.59 Å². The van der Waals surface area contributed by atoms with E-state index in [1.54, 1.807) is 16.8 Å². The number of halogens is 1. The third-order valence-electron chi connectivity index (χ3n) is 4.45. The Bertz CT molecular complexity index is 773. The fraction of sp³-hybridized carbons (Fsp3) is 0.263. The van der Waals surface area contributed by atoms with Crippen LogP contribution in [0.4, 0.5) is 15.8 Å². The lowest BCUT2D eigenvalue weighted by Crippen LogP contribution is -2.38. The van der Waals surface area contributed by atoms with Gasteiger partial charge in [0.2, 0.25) is 5.91 Å². The molecule has 2 aromatic carbocycles. The van der Waals surface area contributed by atoms with Crippen molar-refractivity contribution in [2.24, 2.45) is 5.92 Å². The van der Waals surface area contributed by atoms with Crippen LogP contribution in [0, 0.1) is 11.7 Å². The zero-order chi connectivity index (χ0) is 17.3. The summed E-state index contributed by atoms with van der Waals surface area (Å²) in [5.74, 6) is -0.890. The monoisotopic (exact) mass is 326 g/mol. The molecule has 0 spiro atoms. The van der Waals surface area contributed by atoms with Crippen LogP contribution >= 0.6 is 0 Å². The Kier molecular flexibility index (Phi) is 4.34. The van der Waals surface area contributed by atoms with Gasteiger partial charge in [-0.2, -0.15) is 0 Å². The molecular weight excluding hydrogens is 307 g/mol. The minimum atomic E-state index is -0.385.